The molecule has 1 N–H and O–H groups in total. The van der Waals surface area contributed by atoms with E-state index in [-0.39, 0.29) is 12.1 Å². The third-order valence-electron chi connectivity index (χ3n) is 3.85. The van der Waals surface area contributed by atoms with Crippen LogP contribution in [0.15, 0.2) is 29.2 Å². The van der Waals surface area contributed by atoms with Crippen molar-refractivity contribution in [3.8, 4) is 0 Å². The third kappa shape index (κ3) is 3.31. The topological polar surface area (TPSA) is 59.4 Å². The highest BCUT2D eigenvalue weighted by molar-refractivity contribution is 7.07. The Morgan fingerprint density at radius 1 is 1.59 bits per heavy atom. The van der Waals surface area contributed by atoms with Gasteiger partial charge in [-0.2, -0.15) is 16.4 Å². The zero-order valence-corrected chi connectivity index (χ0v) is 13.4. The molecule has 0 aromatic carbocycles. The number of aromatic nitrogens is 2. The van der Waals surface area contributed by atoms with Crippen LogP contribution in [-0.2, 0) is 11.3 Å². The lowest BCUT2D eigenvalue weighted by molar-refractivity contribution is 0.183. The Bertz CT molecular complexity index is 611. The van der Waals surface area contributed by atoms with Gasteiger partial charge in [0.15, 0.2) is 0 Å². The SMILES string of the molecule is COCCn1cc(NC(=O)N2CCC[C@H]2c2ccsc2)cn1. The summed E-state index contributed by atoms with van der Waals surface area (Å²) < 4.78 is 6.78. The predicted octanol–water partition coefficient (Wildman–Crippen LogP) is 2.96. The van der Waals surface area contributed by atoms with Gasteiger partial charge < -0.3 is 15.0 Å². The second-order valence-corrected chi connectivity index (χ2v) is 6.10. The minimum absolute atomic E-state index is 0.0556. The van der Waals surface area contributed by atoms with Gasteiger partial charge in [0.1, 0.15) is 0 Å². The average molecular weight is 320 g/mol. The molecule has 2 amide bonds. The molecule has 2 aromatic rings. The van der Waals surface area contributed by atoms with Gasteiger partial charge in [-0.15, -0.1) is 0 Å². The molecule has 0 radical (unpaired) electrons. The van der Waals surface area contributed by atoms with Crippen LogP contribution < -0.4 is 5.32 Å². The molecule has 3 heterocycles. The van der Waals surface area contributed by atoms with Crippen LogP contribution in [0.5, 0.6) is 0 Å². The minimum Gasteiger partial charge on any atom is -0.383 e. The number of ether oxygens (including phenoxy) is 1. The van der Waals surface area contributed by atoms with Gasteiger partial charge in [0.2, 0.25) is 0 Å². The van der Waals surface area contributed by atoms with Crippen LogP contribution in [0.3, 0.4) is 0 Å². The number of carbonyl (C=O) groups is 1. The van der Waals surface area contributed by atoms with Crippen LogP contribution in [0.25, 0.3) is 0 Å². The Kier molecular flexibility index (Phi) is 4.74. The van der Waals surface area contributed by atoms with E-state index in [1.807, 2.05) is 11.1 Å². The molecule has 0 saturated carbocycles. The Labute approximate surface area is 133 Å². The van der Waals surface area contributed by atoms with Gasteiger partial charge in [-0.3, -0.25) is 4.68 Å². The maximum Gasteiger partial charge on any atom is 0.322 e. The lowest BCUT2D eigenvalue weighted by atomic mass is 10.1. The molecular weight excluding hydrogens is 300 g/mol. The van der Waals surface area contributed by atoms with Crippen molar-refractivity contribution in [2.75, 3.05) is 25.6 Å². The Morgan fingerprint density at radius 2 is 2.50 bits per heavy atom. The second-order valence-electron chi connectivity index (χ2n) is 5.32. The molecular formula is C15H20N4O2S. The van der Waals surface area contributed by atoms with Crippen molar-refractivity contribution < 1.29 is 9.53 Å². The van der Waals surface area contributed by atoms with Crippen molar-refractivity contribution in [1.82, 2.24) is 14.7 Å². The van der Waals surface area contributed by atoms with E-state index in [0.29, 0.717) is 13.2 Å². The standard InChI is InChI=1S/C15H20N4O2S/c1-21-7-6-18-10-13(9-16-18)17-15(20)19-5-2-3-14(19)12-4-8-22-11-12/h4,8-11,14H,2-3,5-7H2,1H3,(H,17,20)/t14-/m0/s1. The van der Waals surface area contributed by atoms with Gasteiger partial charge in [0.05, 0.1) is 31.1 Å². The van der Waals surface area contributed by atoms with Gasteiger partial charge in [0, 0.05) is 19.9 Å². The van der Waals surface area contributed by atoms with Crippen molar-refractivity contribution in [1.29, 1.82) is 0 Å². The number of urea groups is 1. The molecule has 1 fully saturated rings. The number of likely N-dealkylation sites (tertiary alicyclic amines) is 1. The van der Waals surface area contributed by atoms with Crippen LogP contribution in [0, 0.1) is 0 Å². The molecule has 0 bridgehead atoms. The van der Waals surface area contributed by atoms with E-state index in [2.05, 4.69) is 27.2 Å². The van der Waals surface area contributed by atoms with Crippen molar-refractivity contribution >= 4 is 23.1 Å². The number of anilines is 1. The van der Waals surface area contributed by atoms with E-state index in [1.54, 1.807) is 29.3 Å². The van der Waals surface area contributed by atoms with Gasteiger partial charge in [-0.05, 0) is 35.2 Å². The molecule has 2 aromatic heterocycles. The maximum absolute atomic E-state index is 12.5. The van der Waals surface area contributed by atoms with E-state index in [1.165, 1.54) is 5.56 Å². The number of thiophene rings is 1. The normalized spacial score (nSPS) is 17.9. The summed E-state index contributed by atoms with van der Waals surface area (Å²) in [6, 6.07) is 2.23. The molecule has 7 heteroatoms. The van der Waals surface area contributed by atoms with Crippen molar-refractivity contribution in [3.05, 3.63) is 34.8 Å². The van der Waals surface area contributed by atoms with Crippen LogP contribution in [-0.4, -0.2) is 41.0 Å². The summed E-state index contributed by atoms with van der Waals surface area (Å²) >= 11 is 1.67. The molecule has 3 rings (SSSR count). The van der Waals surface area contributed by atoms with Crippen LogP contribution in [0.4, 0.5) is 10.5 Å². The number of hydrogen-bond donors (Lipinski definition) is 1. The number of nitrogens with zero attached hydrogens (tertiary/aromatic N) is 3. The van der Waals surface area contributed by atoms with Crippen LogP contribution in [0.1, 0.15) is 24.4 Å². The largest absolute Gasteiger partial charge is 0.383 e. The Balaban J connectivity index is 1.62. The average Bonchev–Trinajstić information content (AvgIpc) is 3.25. The number of nitrogens with one attached hydrogen (secondary N) is 1. The summed E-state index contributed by atoms with van der Waals surface area (Å²) in [6.07, 6.45) is 5.56. The summed E-state index contributed by atoms with van der Waals surface area (Å²) in [4.78, 5) is 14.4. The summed E-state index contributed by atoms with van der Waals surface area (Å²) in [5, 5.41) is 11.3. The van der Waals surface area contributed by atoms with Crippen LogP contribution in [0.2, 0.25) is 0 Å². The zero-order valence-electron chi connectivity index (χ0n) is 12.6. The first-order valence-corrected chi connectivity index (χ1v) is 8.33. The molecule has 0 spiro atoms. The fraction of sp³-hybridized carbons (Fsp3) is 0.467. The monoisotopic (exact) mass is 320 g/mol. The lowest BCUT2D eigenvalue weighted by Crippen LogP contribution is -2.34. The van der Waals surface area contributed by atoms with Gasteiger partial charge in [-0.25, -0.2) is 4.79 Å². The van der Waals surface area contributed by atoms with Gasteiger partial charge in [0.25, 0.3) is 0 Å². The maximum atomic E-state index is 12.5. The second kappa shape index (κ2) is 6.93. The number of amides is 2. The summed E-state index contributed by atoms with van der Waals surface area (Å²) in [5.41, 5.74) is 1.95. The molecule has 1 atom stereocenters. The van der Waals surface area contributed by atoms with Crippen molar-refractivity contribution in [3.63, 3.8) is 0 Å². The quantitative estimate of drug-likeness (QED) is 0.921. The first-order valence-electron chi connectivity index (χ1n) is 7.39. The molecule has 22 heavy (non-hydrogen) atoms. The smallest absolute Gasteiger partial charge is 0.322 e. The Hall–Kier alpha value is -1.86. The Morgan fingerprint density at radius 3 is 3.27 bits per heavy atom. The number of methoxy groups -OCH3 is 1. The molecule has 1 aliphatic heterocycles. The fourth-order valence-electron chi connectivity index (χ4n) is 2.75. The molecule has 1 aliphatic rings. The van der Waals surface area contributed by atoms with E-state index < -0.39 is 0 Å². The van der Waals surface area contributed by atoms with Crippen molar-refractivity contribution in [2.24, 2.45) is 0 Å². The van der Waals surface area contributed by atoms with Crippen molar-refractivity contribution in [2.45, 2.75) is 25.4 Å². The van der Waals surface area contributed by atoms with E-state index in [0.717, 1.165) is 25.1 Å². The molecule has 6 nitrogen and oxygen atoms in total. The van der Waals surface area contributed by atoms with E-state index in [4.69, 9.17) is 4.74 Å². The highest BCUT2D eigenvalue weighted by Crippen LogP contribution is 2.33. The third-order valence-corrected chi connectivity index (χ3v) is 4.55. The highest BCUT2D eigenvalue weighted by Gasteiger charge is 2.30. The highest BCUT2D eigenvalue weighted by atomic mass is 32.1. The van der Waals surface area contributed by atoms with E-state index >= 15 is 0 Å². The summed E-state index contributed by atoms with van der Waals surface area (Å²) in [7, 11) is 1.66. The first kappa shape index (κ1) is 15.1. The summed E-state index contributed by atoms with van der Waals surface area (Å²) in [5.74, 6) is 0. The first-order chi connectivity index (χ1) is 10.8. The zero-order chi connectivity index (χ0) is 15.4. The molecule has 118 valence electrons. The number of hydrogen-bond acceptors (Lipinski definition) is 4. The number of rotatable bonds is 5. The minimum atomic E-state index is -0.0556. The predicted molar refractivity (Wildman–Crippen MR) is 86.1 cm³/mol. The van der Waals surface area contributed by atoms with Crippen LogP contribution >= 0.6 is 11.3 Å². The van der Waals surface area contributed by atoms with E-state index in [9.17, 15) is 4.79 Å². The molecule has 0 aliphatic carbocycles. The van der Waals surface area contributed by atoms with Gasteiger partial charge in [-0.1, -0.05) is 0 Å². The summed E-state index contributed by atoms with van der Waals surface area (Å²) in [6.45, 7) is 2.07. The number of carbonyl (C=O) groups excluding carboxylic acids is 1. The van der Waals surface area contributed by atoms with Gasteiger partial charge >= 0.3 is 6.03 Å². The lowest BCUT2D eigenvalue weighted by Gasteiger charge is -2.24. The fourth-order valence-corrected chi connectivity index (χ4v) is 3.46. The molecule has 0 unspecified atom stereocenters. The molecule has 1 saturated heterocycles.